The standard InChI is InChI=1S/C16H20N4O/c1-12(2)20(10-6-9-17)13(3)16(21)19-15-8-5-4-7-14(15)11-18/h4-5,7-8,12-13H,6,10H2,1-3H3,(H,19,21). The van der Waals surface area contributed by atoms with Gasteiger partial charge in [-0.15, -0.1) is 0 Å². The van der Waals surface area contributed by atoms with Crippen molar-refractivity contribution in [3.05, 3.63) is 29.8 Å². The number of carbonyl (C=O) groups excluding carboxylic acids is 1. The first-order valence-electron chi connectivity index (χ1n) is 6.94. The number of nitrogens with one attached hydrogen (secondary N) is 1. The van der Waals surface area contributed by atoms with Gasteiger partial charge in [0.05, 0.1) is 23.4 Å². The molecule has 0 saturated carbocycles. The number of nitriles is 2. The van der Waals surface area contributed by atoms with Crippen LogP contribution in [0.1, 0.15) is 32.8 Å². The lowest BCUT2D eigenvalue weighted by Gasteiger charge is -2.31. The Labute approximate surface area is 125 Å². The third-order valence-corrected chi connectivity index (χ3v) is 3.33. The van der Waals surface area contributed by atoms with Crippen LogP contribution >= 0.6 is 0 Å². The first-order valence-corrected chi connectivity index (χ1v) is 6.94. The first-order chi connectivity index (χ1) is 10.0. The van der Waals surface area contributed by atoms with Crippen molar-refractivity contribution in [2.45, 2.75) is 39.3 Å². The monoisotopic (exact) mass is 284 g/mol. The lowest BCUT2D eigenvalue weighted by Crippen LogP contribution is -2.46. The van der Waals surface area contributed by atoms with E-state index in [1.165, 1.54) is 0 Å². The zero-order valence-corrected chi connectivity index (χ0v) is 12.6. The summed E-state index contributed by atoms with van der Waals surface area (Å²) in [5.41, 5.74) is 0.951. The van der Waals surface area contributed by atoms with E-state index in [0.29, 0.717) is 24.2 Å². The van der Waals surface area contributed by atoms with Crippen LogP contribution in [0.25, 0.3) is 0 Å². The van der Waals surface area contributed by atoms with E-state index in [-0.39, 0.29) is 18.0 Å². The second-order valence-electron chi connectivity index (χ2n) is 5.06. The minimum Gasteiger partial charge on any atom is -0.324 e. The molecule has 1 aromatic carbocycles. The van der Waals surface area contributed by atoms with Crippen molar-refractivity contribution in [3.63, 3.8) is 0 Å². The molecule has 0 aliphatic rings. The molecule has 1 amide bonds. The summed E-state index contributed by atoms with van der Waals surface area (Å²) >= 11 is 0. The highest BCUT2D eigenvalue weighted by Crippen LogP contribution is 2.15. The number of hydrogen-bond acceptors (Lipinski definition) is 4. The Bertz CT molecular complexity index is 568. The van der Waals surface area contributed by atoms with Gasteiger partial charge in [-0.1, -0.05) is 12.1 Å². The van der Waals surface area contributed by atoms with Crippen LogP contribution in [0.15, 0.2) is 24.3 Å². The van der Waals surface area contributed by atoms with Gasteiger partial charge in [0.15, 0.2) is 0 Å². The number of benzene rings is 1. The van der Waals surface area contributed by atoms with Crippen LogP contribution in [0, 0.1) is 22.7 Å². The van der Waals surface area contributed by atoms with E-state index in [1.54, 1.807) is 24.3 Å². The molecule has 0 spiro atoms. The second kappa shape index (κ2) is 8.04. The molecule has 1 unspecified atom stereocenters. The van der Waals surface area contributed by atoms with Gasteiger partial charge < -0.3 is 5.32 Å². The summed E-state index contributed by atoms with van der Waals surface area (Å²) in [6, 6.07) is 10.8. The molecule has 0 aromatic heterocycles. The van der Waals surface area contributed by atoms with Crippen molar-refractivity contribution in [1.82, 2.24) is 4.90 Å². The van der Waals surface area contributed by atoms with E-state index in [1.807, 2.05) is 25.7 Å². The molecule has 0 fully saturated rings. The Morgan fingerprint density at radius 3 is 2.52 bits per heavy atom. The predicted molar refractivity (Wildman–Crippen MR) is 81.3 cm³/mol. The average Bonchev–Trinajstić information content (AvgIpc) is 2.47. The summed E-state index contributed by atoms with van der Waals surface area (Å²) in [5, 5.41) is 20.5. The van der Waals surface area contributed by atoms with Crippen LogP contribution in [0.5, 0.6) is 0 Å². The van der Waals surface area contributed by atoms with E-state index in [0.717, 1.165) is 0 Å². The molecule has 1 aromatic rings. The Balaban J connectivity index is 2.82. The van der Waals surface area contributed by atoms with Crippen LogP contribution in [0.4, 0.5) is 5.69 Å². The first kappa shape index (κ1) is 16.7. The van der Waals surface area contributed by atoms with E-state index in [4.69, 9.17) is 10.5 Å². The van der Waals surface area contributed by atoms with Gasteiger partial charge in [0.1, 0.15) is 6.07 Å². The lowest BCUT2D eigenvalue weighted by molar-refractivity contribution is -0.121. The third-order valence-electron chi connectivity index (χ3n) is 3.33. The SMILES string of the molecule is CC(C)N(CCC#N)C(C)C(=O)Nc1ccccc1C#N. The molecule has 110 valence electrons. The van der Waals surface area contributed by atoms with Crippen molar-refractivity contribution >= 4 is 11.6 Å². The number of nitrogens with zero attached hydrogens (tertiary/aromatic N) is 3. The largest absolute Gasteiger partial charge is 0.324 e. The predicted octanol–water partition coefficient (Wildman–Crippen LogP) is 2.51. The fourth-order valence-electron chi connectivity index (χ4n) is 2.16. The molecular formula is C16H20N4O. The molecule has 0 radical (unpaired) electrons. The fourth-order valence-corrected chi connectivity index (χ4v) is 2.16. The molecule has 1 rings (SSSR count). The van der Waals surface area contributed by atoms with Crippen LogP contribution < -0.4 is 5.32 Å². The Morgan fingerprint density at radius 2 is 1.95 bits per heavy atom. The molecule has 1 atom stereocenters. The number of hydrogen-bond donors (Lipinski definition) is 1. The zero-order chi connectivity index (χ0) is 15.8. The molecule has 0 heterocycles. The molecule has 5 nitrogen and oxygen atoms in total. The molecular weight excluding hydrogens is 264 g/mol. The highest BCUT2D eigenvalue weighted by molar-refractivity contribution is 5.95. The molecule has 21 heavy (non-hydrogen) atoms. The number of amides is 1. The number of anilines is 1. The maximum absolute atomic E-state index is 12.3. The Kier molecular flexibility index (Phi) is 6.39. The molecule has 1 N–H and O–H groups in total. The van der Waals surface area contributed by atoms with Crippen molar-refractivity contribution in [3.8, 4) is 12.1 Å². The molecule has 0 aliphatic heterocycles. The van der Waals surface area contributed by atoms with Crippen molar-refractivity contribution in [2.75, 3.05) is 11.9 Å². The minimum atomic E-state index is -0.370. The molecule has 0 saturated heterocycles. The van der Waals surface area contributed by atoms with Gasteiger partial charge >= 0.3 is 0 Å². The van der Waals surface area contributed by atoms with E-state index in [2.05, 4.69) is 17.5 Å². The summed E-state index contributed by atoms with van der Waals surface area (Å²) in [7, 11) is 0. The second-order valence-corrected chi connectivity index (χ2v) is 5.06. The normalized spacial score (nSPS) is 11.8. The van der Waals surface area contributed by atoms with Gasteiger partial charge in [0.25, 0.3) is 0 Å². The van der Waals surface area contributed by atoms with E-state index < -0.39 is 0 Å². The van der Waals surface area contributed by atoms with Crippen LogP contribution in [-0.4, -0.2) is 29.4 Å². The van der Waals surface area contributed by atoms with Crippen molar-refractivity contribution in [1.29, 1.82) is 10.5 Å². The minimum absolute atomic E-state index is 0.158. The molecule has 0 aliphatic carbocycles. The zero-order valence-electron chi connectivity index (χ0n) is 12.6. The Morgan fingerprint density at radius 1 is 1.29 bits per heavy atom. The third kappa shape index (κ3) is 4.59. The summed E-state index contributed by atoms with van der Waals surface area (Å²) in [6.07, 6.45) is 0.380. The lowest BCUT2D eigenvalue weighted by atomic mass is 10.1. The van der Waals surface area contributed by atoms with Crippen LogP contribution in [0.2, 0.25) is 0 Å². The quantitative estimate of drug-likeness (QED) is 0.870. The van der Waals surface area contributed by atoms with Gasteiger partial charge in [-0.2, -0.15) is 10.5 Å². The van der Waals surface area contributed by atoms with Crippen molar-refractivity contribution < 1.29 is 4.79 Å². The summed E-state index contributed by atoms with van der Waals surface area (Å²) < 4.78 is 0. The smallest absolute Gasteiger partial charge is 0.241 e. The molecule has 5 heteroatoms. The van der Waals surface area contributed by atoms with Crippen LogP contribution in [0.3, 0.4) is 0 Å². The fraction of sp³-hybridized carbons (Fsp3) is 0.438. The summed E-state index contributed by atoms with van der Waals surface area (Å²) in [4.78, 5) is 14.3. The van der Waals surface area contributed by atoms with Gasteiger partial charge in [0, 0.05) is 19.0 Å². The van der Waals surface area contributed by atoms with E-state index in [9.17, 15) is 4.79 Å². The Hall–Kier alpha value is -2.37. The van der Waals surface area contributed by atoms with E-state index >= 15 is 0 Å². The van der Waals surface area contributed by atoms with Gasteiger partial charge in [-0.3, -0.25) is 9.69 Å². The van der Waals surface area contributed by atoms with Crippen LogP contribution in [-0.2, 0) is 4.79 Å². The topological polar surface area (TPSA) is 79.9 Å². The summed E-state index contributed by atoms with van der Waals surface area (Å²) in [5.74, 6) is -0.177. The highest BCUT2D eigenvalue weighted by Gasteiger charge is 2.23. The van der Waals surface area contributed by atoms with Gasteiger partial charge in [-0.05, 0) is 32.9 Å². The molecule has 0 bridgehead atoms. The summed E-state index contributed by atoms with van der Waals surface area (Å²) in [6.45, 7) is 6.33. The average molecular weight is 284 g/mol. The highest BCUT2D eigenvalue weighted by atomic mass is 16.2. The maximum Gasteiger partial charge on any atom is 0.241 e. The van der Waals surface area contributed by atoms with Gasteiger partial charge in [0.2, 0.25) is 5.91 Å². The number of rotatable bonds is 6. The number of para-hydroxylation sites is 1. The number of carbonyl (C=O) groups is 1. The van der Waals surface area contributed by atoms with Gasteiger partial charge in [-0.25, -0.2) is 0 Å². The van der Waals surface area contributed by atoms with Crippen molar-refractivity contribution in [2.24, 2.45) is 0 Å². The maximum atomic E-state index is 12.3.